The Labute approximate surface area is 75.5 Å². The molecule has 72 valence electrons. The Morgan fingerprint density at radius 3 is 2.25 bits per heavy atom. The van der Waals surface area contributed by atoms with Gasteiger partial charge in [0.15, 0.2) is 0 Å². The zero-order valence-electron chi connectivity index (χ0n) is 8.68. The van der Waals surface area contributed by atoms with Gasteiger partial charge in [-0.25, -0.2) is 0 Å². The SMILES string of the molecule is COC1(CN)CC(C)(C)CC1C. The number of methoxy groups -OCH3 is 1. The van der Waals surface area contributed by atoms with Crippen molar-refractivity contribution in [1.29, 1.82) is 0 Å². The van der Waals surface area contributed by atoms with E-state index in [-0.39, 0.29) is 5.60 Å². The Bertz CT molecular complexity index is 161. The van der Waals surface area contributed by atoms with E-state index in [1.165, 1.54) is 6.42 Å². The molecule has 12 heavy (non-hydrogen) atoms. The average Bonchev–Trinajstić information content (AvgIpc) is 2.21. The predicted octanol–water partition coefficient (Wildman–Crippen LogP) is 1.79. The highest BCUT2D eigenvalue weighted by Gasteiger charge is 2.47. The fourth-order valence-corrected chi connectivity index (χ4v) is 2.70. The third kappa shape index (κ3) is 1.50. The van der Waals surface area contributed by atoms with E-state index in [1.54, 1.807) is 7.11 Å². The molecule has 0 bridgehead atoms. The lowest BCUT2D eigenvalue weighted by molar-refractivity contribution is -0.0322. The maximum Gasteiger partial charge on any atom is 0.0830 e. The second kappa shape index (κ2) is 3.00. The van der Waals surface area contributed by atoms with Crippen LogP contribution in [0.3, 0.4) is 0 Å². The van der Waals surface area contributed by atoms with Crippen LogP contribution in [0, 0.1) is 11.3 Å². The fraction of sp³-hybridized carbons (Fsp3) is 1.00. The first-order valence-electron chi connectivity index (χ1n) is 4.71. The van der Waals surface area contributed by atoms with Crippen LogP contribution in [0.25, 0.3) is 0 Å². The molecule has 2 N–H and O–H groups in total. The summed E-state index contributed by atoms with van der Waals surface area (Å²) < 4.78 is 5.57. The van der Waals surface area contributed by atoms with E-state index in [0.29, 0.717) is 17.9 Å². The van der Waals surface area contributed by atoms with Crippen LogP contribution in [0.15, 0.2) is 0 Å². The van der Waals surface area contributed by atoms with Crippen LogP contribution in [0.1, 0.15) is 33.6 Å². The maximum absolute atomic E-state index is 5.77. The van der Waals surface area contributed by atoms with Crippen LogP contribution in [-0.2, 0) is 4.74 Å². The molecule has 0 amide bonds. The Morgan fingerprint density at radius 1 is 1.50 bits per heavy atom. The Hall–Kier alpha value is -0.0800. The first kappa shape index (κ1) is 10.0. The Kier molecular flexibility index (Phi) is 2.50. The van der Waals surface area contributed by atoms with Crippen molar-refractivity contribution in [2.24, 2.45) is 17.1 Å². The lowest BCUT2D eigenvalue weighted by Gasteiger charge is -2.31. The van der Waals surface area contributed by atoms with Crippen molar-refractivity contribution in [2.75, 3.05) is 13.7 Å². The van der Waals surface area contributed by atoms with Crippen molar-refractivity contribution in [2.45, 2.75) is 39.2 Å². The number of ether oxygens (including phenoxy) is 1. The van der Waals surface area contributed by atoms with Crippen molar-refractivity contribution in [3.8, 4) is 0 Å². The van der Waals surface area contributed by atoms with Gasteiger partial charge in [0.2, 0.25) is 0 Å². The smallest absolute Gasteiger partial charge is 0.0830 e. The third-order valence-corrected chi connectivity index (χ3v) is 3.29. The summed E-state index contributed by atoms with van der Waals surface area (Å²) in [6, 6.07) is 0. The summed E-state index contributed by atoms with van der Waals surface area (Å²) in [4.78, 5) is 0. The molecule has 0 spiro atoms. The minimum Gasteiger partial charge on any atom is -0.377 e. The molecule has 0 aromatic rings. The molecule has 2 nitrogen and oxygen atoms in total. The first-order valence-corrected chi connectivity index (χ1v) is 4.71. The highest BCUT2D eigenvalue weighted by Crippen LogP contribution is 2.48. The molecule has 1 rings (SSSR count). The summed E-state index contributed by atoms with van der Waals surface area (Å²) in [7, 11) is 1.78. The van der Waals surface area contributed by atoms with E-state index < -0.39 is 0 Å². The molecule has 2 atom stereocenters. The van der Waals surface area contributed by atoms with Gasteiger partial charge in [-0.15, -0.1) is 0 Å². The molecule has 1 aliphatic carbocycles. The quantitative estimate of drug-likeness (QED) is 0.687. The van der Waals surface area contributed by atoms with Gasteiger partial charge in [-0.2, -0.15) is 0 Å². The summed E-state index contributed by atoms with van der Waals surface area (Å²) in [5.74, 6) is 0.586. The van der Waals surface area contributed by atoms with Crippen molar-refractivity contribution < 1.29 is 4.74 Å². The highest BCUT2D eigenvalue weighted by atomic mass is 16.5. The molecule has 0 aliphatic heterocycles. The number of nitrogens with two attached hydrogens (primary N) is 1. The van der Waals surface area contributed by atoms with Gasteiger partial charge in [0, 0.05) is 13.7 Å². The summed E-state index contributed by atoms with van der Waals surface area (Å²) in [5.41, 5.74) is 6.11. The molecule has 0 aromatic carbocycles. The fourth-order valence-electron chi connectivity index (χ4n) is 2.70. The molecule has 1 aliphatic rings. The van der Waals surface area contributed by atoms with Crippen molar-refractivity contribution in [3.63, 3.8) is 0 Å². The van der Waals surface area contributed by atoms with Gasteiger partial charge in [0.05, 0.1) is 5.60 Å². The lowest BCUT2D eigenvalue weighted by Crippen LogP contribution is -2.42. The molecule has 0 heterocycles. The number of hydrogen-bond donors (Lipinski definition) is 1. The standard InChI is InChI=1S/C10H21NO/c1-8-5-9(2,3)6-10(8,7-11)12-4/h8H,5-7,11H2,1-4H3. The zero-order valence-corrected chi connectivity index (χ0v) is 8.68. The van der Waals surface area contributed by atoms with Crippen molar-refractivity contribution in [1.82, 2.24) is 0 Å². The maximum atomic E-state index is 5.77. The van der Waals surface area contributed by atoms with E-state index in [0.717, 1.165) is 6.42 Å². The lowest BCUT2D eigenvalue weighted by atomic mass is 9.89. The van der Waals surface area contributed by atoms with E-state index in [4.69, 9.17) is 10.5 Å². The Balaban J connectivity index is 2.79. The summed E-state index contributed by atoms with van der Waals surface area (Å²) >= 11 is 0. The van der Waals surface area contributed by atoms with E-state index >= 15 is 0 Å². The Morgan fingerprint density at radius 2 is 2.08 bits per heavy atom. The van der Waals surface area contributed by atoms with Gasteiger partial charge in [-0.3, -0.25) is 0 Å². The van der Waals surface area contributed by atoms with Crippen LogP contribution in [0.4, 0.5) is 0 Å². The van der Waals surface area contributed by atoms with Gasteiger partial charge in [-0.05, 0) is 24.2 Å². The normalized spacial score (nSPS) is 40.2. The summed E-state index contributed by atoms with van der Waals surface area (Å²) in [6.45, 7) is 7.47. The minimum atomic E-state index is -0.0521. The van der Waals surface area contributed by atoms with Crippen LogP contribution < -0.4 is 5.73 Å². The zero-order chi connectivity index (χ0) is 9.41. The molecule has 2 unspecified atom stereocenters. The van der Waals surface area contributed by atoms with Crippen LogP contribution >= 0.6 is 0 Å². The van der Waals surface area contributed by atoms with Crippen molar-refractivity contribution >= 4 is 0 Å². The monoisotopic (exact) mass is 171 g/mol. The molecule has 0 radical (unpaired) electrons. The largest absolute Gasteiger partial charge is 0.377 e. The molecule has 0 saturated heterocycles. The molecule has 1 fully saturated rings. The van der Waals surface area contributed by atoms with Crippen LogP contribution in [-0.4, -0.2) is 19.3 Å². The minimum absolute atomic E-state index is 0.0521. The van der Waals surface area contributed by atoms with E-state index in [2.05, 4.69) is 20.8 Å². The van der Waals surface area contributed by atoms with E-state index in [9.17, 15) is 0 Å². The van der Waals surface area contributed by atoms with Crippen LogP contribution in [0.2, 0.25) is 0 Å². The number of hydrogen-bond acceptors (Lipinski definition) is 2. The van der Waals surface area contributed by atoms with Crippen LogP contribution in [0.5, 0.6) is 0 Å². The topological polar surface area (TPSA) is 35.2 Å². The van der Waals surface area contributed by atoms with Crippen molar-refractivity contribution in [3.05, 3.63) is 0 Å². The highest BCUT2D eigenvalue weighted by molar-refractivity contribution is 5.00. The van der Waals surface area contributed by atoms with E-state index in [1.807, 2.05) is 0 Å². The summed E-state index contributed by atoms with van der Waals surface area (Å²) in [5, 5.41) is 0. The van der Waals surface area contributed by atoms with Gasteiger partial charge in [0.25, 0.3) is 0 Å². The van der Waals surface area contributed by atoms with Gasteiger partial charge in [0.1, 0.15) is 0 Å². The number of rotatable bonds is 2. The molecular weight excluding hydrogens is 150 g/mol. The van der Waals surface area contributed by atoms with Gasteiger partial charge in [-0.1, -0.05) is 20.8 Å². The van der Waals surface area contributed by atoms with Gasteiger partial charge >= 0.3 is 0 Å². The molecule has 2 heteroatoms. The predicted molar refractivity (Wildman–Crippen MR) is 51.0 cm³/mol. The molecule has 0 aromatic heterocycles. The molecule has 1 saturated carbocycles. The average molecular weight is 171 g/mol. The van der Waals surface area contributed by atoms with Gasteiger partial charge < -0.3 is 10.5 Å². The molecular formula is C10H21NO. The third-order valence-electron chi connectivity index (χ3n) is 3.29. The summed E-state index contributed by atoms with van der Waals surface area (Å²) in [6.07, 6.45) is 2.31. The second-order valence-corrected chi connectivity index (χ2v) is 4.92. The first-order chi connectivity index (χ1) is 5.46. The second-order valence-electron chi connectivity index (χ2n) is 4.92.